The van der Waals surface area contributed by atoms with Gasteiger partial charge in [-0.25, -0.2) is 0 Å². The van der Waals surface area contributed by atoms with Crippen LogP contribution in [-0.4, -0.2) is 11.8 Å². The zero-order valence-electron chi connectivity index (χ0n) is 8.29. The van der Waals surface area contributed by atoms with Crippen LogP contribution in [0, 0.1) is 12.3 Å². The topological polar surface area (TPSA) is 29.1 Å². The third-order valence-electron chi connectivity index (χ3n) is 1.85. The molecule has 0 saturated heterocycles. The maximum atomic E-state index is 11.3. The molecule has 1 rings (SSSR count). The van der Waals surface area contributed by atoms with Gasteiger partial charge in [0.25, 0.3) is 0 Å². The summed E-state index contributed by atoms with van der Waals surface area (Å²) in [6, 6.07) is 7.19. The first-order valence-corrected chi connectivity index (χ1v) is 5.22. The molecule has 1 amide bonds. The minimum atomic E-state index is -0.0372. The molecule has 15 heavy (non-hydrogen) atoms. The van der Waals surface area contributed by atoms with Crippen LogP contribution < -0.4 is 5.32 Å². The summed E-state index contributed by atoms with van der Waals surface area (Å²) >= 11 is 5.49. The molecule has 0 unspecified atom stereocenters. The monoisotopic (exact) mass is 221 g/mol. The Balaban J connectivity index is 2.57. The highest BCUT2D eigenvalue weighted by Crippen LogP contribution is 2.10. The summed E-state index contributed by atoms with van der Waals surface area (Å²) in [4.78, 5) is 11.3. The maximum Gasteiger partial charge on any atom is 0.224 e. The molecule has 0 spiro atoms. The number of anilines is 1. The molecule has 1 N–H and O–H groups in total. The molecule has 0 heterocycles. The Morgan fingerprint density at radius 1 is 1.53 bits per heavy atom. The van der Waals surface area contributed by atoms with Gasteiger partial charge in [0.05, 0.1) is 0 Å². The van der Waals surface area contributed by atoms with Crippen molar-refractivity contribution in [1.82, 2.24) is 0 Å². The SMILES string of the molecule is C#Cc1cccc(NC(=O)CCCCl)c1. The van der Waals surface area contributed by atoms with Crippen LogP contribution in [-0.2, 0) is 4.79 Å². The predicted octanol–water partition coefficient (Wildman–Crippen LogP) is 2.63. The Hall–Kier alpha value is -1.46. The number of rotatable bonds is 4. The fourth-order valence-electron chi connectivity index (χ4n) is 1.14. The first kappa shape index (κ1) is 11.6. The summed E-state index contributed by atoms with van der Waals surface area (Å²) in [5.74, 6) is 2.97. The Kier molecular flexibility index (Phi) is 4.73. The van der Waals surface area contributed by atoms with Crippen LogP contribution in [0.3, 0.4) is 0 Å². The highest BCUT2D eigenvalue weighted by atomic mass is 35.5. The molecule has 1 aromatic rings. The average Bonchev–Trinajstić information content (AvgIpc) is 2.26. The van der Waals surface area contributed by atoms with Gasteiger partial charge in [-0.15, -0.1) is 18.0 Å². The Morgan fingerprint density at radius 3 is 3.00 bits per heavy atom. The van der Waals surface area contributed by atoms with Crippen LogP contribution in [0.2, 0.25) is 0 Å². The van der Waals surface area contributed by atoms with Gasteiger partial charge in [0.1, 0.15) is 0 Å². The molecule has 2 nitrogen and oxygen atoms in total. The lowest BCUT2D eigenvalue weighted by Crippen LogP contribution is -2.11. The van der Waals surface area contributed by atoms with E-state index in [0.717, 1.165) is 11.3 Å². The molecule has 0 aliphatic rings. The van der Waals surface area contributed by atoms with Crippen molar-refractivity contribution >= 4 is 23.2 Å². The Morgan fingerprint density at radius 2 is 2.33 bits per heavy atom. The van der Waals surface area contributed by atoms with Gasteiger partial charge in [-0.2, -0.15) is 0 Å². The first-order valence-electron chi connectivity index (χ1n) is 4.68. The smallest absolute Gasteiger partial charge is 0.224 e. The molecule has 78 valence electrons. The Bertz CT molecular complexity index is 381. The van der Waals surface area contributed by atoms with Crippen LogP contribution in [0.5, 0.6) is 0 Å². The van der Waals surface area contributed by atoms with Crippen LogP contribution in [0.15, 0.2) is 24.3 Å². The summed E-state index contributed by atoms with van der Waals surface area (Å²) in [6.07, 6.45) is 6.37. The summed E-state index contributed by atoms with van der Waals surface area (Å²) in [5, 5.41) is 2.76. The lowest BCUT2D eigenvalue weighted by molar-refractivity contribution is -0.116. The highest BCUT2D eigenvalue weighted by molar-refractivity contribution is 6.18. The molecule has 0 atom stereocenters. The third-order valence-corrected chi connectivity index (χ3v) is 2.12. The minimum absolute atomic E-state index is 0.0372. The van der Waals surface area contributed by atoms with Crippen molar-refractivity contribution in [2.24, 2.45) is 0 Å². The van der Waals surface area contributed by atoms with Gasteiger partial charge in [-0.1, -0.05) is 12.0 Å². The molecule has 0 bridgehead atoms. The minimum Gasteiger partial charge on any atom is -0.326 e. The summed E-state index contributed by atoms with van der Waals surface area (Å²) in [6.45, 7) is 0. The van der Waals surface area contributed by atoms with E-state index in [4.69, 9.17) is 18.0 Å². The predicted molar refractivity (Wildman–Crippen MR) is 63.0 cm³/mol. The van der Waals surface area contributed by atoms with Crippen molar-refractivity contribution in [3.63, 3.8) is 0 Å². The number of benzene rings is 1. The van der Waals surface area contributed by atoms with Crippen molar-refractivity contribution in [2.75, 3.05) is 11.2 Å². The lowest BCUT2D eigenvalue weighted by Gasteiger charge is -2.04. The fourth-order valence-corrected chi connectivity index (χ4v) is 1.27. The largest absolute Gasteiger partial charge is 0.326 e. The van der Waals surface area contributed by atoms with E-state index in [9.17, 15) is 4.79 Å². The number of alkyl halides is 1. The molecule has 0 radical (unpaired) electrons. The number of halogens is 1. The molecule has 0 aliphatic carbocycles. The van der Waals surface area contributed by atoms with E-state index in [1.165, 1.54) is 0 Å². The molecule has 1 aromatic carbocycles. The molecule has 0 fully saturated rings. The van der Waals surface area contributed by atoms with E-state index in [1.807, 2.05) is 12.1 Å². The number of terminal acetylenes is 1. The van der Waals surface area contributed by atoms with E-state index in [2.05, 4.69) is 11.2 Å². The number of carbonyl (C=O) groups excluding carboxylic acids is 1. The zero-order valence-corrected chi connectivity index (χ0v) is 9.05. The molecule has 0 aromatic heterocycles. The van der Waals surface area contributed by atoms with Gasteiger partial charge in [0.15, 0.2) is 0 Å². The van der Waals surface area contributed by atoms with Gasteiger partial charge < -0.3 is 5.32 Å². The second-order valence-electron chi connectivity index (χ2n) is 3.07. The van der Waals surface area contributed by atoms with Gasteiger partial charge in [-0.05, 0) is 24.6 Å². The van der Waals surface area contributed by atoms with Gasteiger partial charge in [0.2, 0.25) is 5.91 Å². The lowest BCUT2D eigenvalue weighted by atomic mass is 10.2. The molecular weight excluding hydrogens is 210 g/mol. The second kappa shape index (κ2) is 6.10. The van der Waals surface area contributed by atoms with E-state index >= 15 is 0 Å². The van der Waals surface area contributed by atoms with Crippen LogP contribution >= 0.6 is 11.6 Å². The Labute approximate surface area is 94.6 Å². The van der Waals surface area contributed by atoms with E-state index in [-0.39, 0.29) is 5.91 Å². The number of hydrogen-bond acceptors (Lipinski definition) is 1. The molecule has 3 heteroatoms. The fraction of sp³-hybridized carbons (Fsp3) is 0.250. The van der Waals surface area contributed by atoms with Gasteiger partial charge in [0, 0.05) is 23.6 Å². The number of carbonyl (C=O) groups is 1. The van der Waals surface area contributed by atoms with Crippen molar-refractivity contribution in [3.05, 3.63) is 29.8 Å². The summed E-state index contributed by atoms with van der Waals surface area (Å²) in [5.41, 5.74) is 1.48. The molecule has 0 aliphatic heterocycles. The van der Waals surface area contributed by atoms with Crippen molar-refractivity contribution in [2.45, 2.75) is 12.8 Å². The first-order chi connectivity index (χ1) is 7.26. The van der Waals surface area contributed by atoms with Crippen LogP contribution in [0.1, 0.15) is 18.4 Å². The van der Waals surface area contributed by atoms with Crippen LogP contribution in [0.4, 0.5) is 5.69 Å². The normalized spacial score (nSPS) is 9.33. The zero-order chi connectivity index (χ0) is 11.1. The van der Waals surface area contributed by atoms with Crippen molar-refractivity contribution < 1.29 is 4.79 Å². The second-order valence-corrected chi connectivity index (χ2v) is 3.44. The van der Waals surface area contributed by atoms with E-state index < -0.39 is 0 Å². The number of hydrogen-bond donors (Lipinski definition) is 1. The van der Waals surface area contributed by atoms with Crippen molar-refractivity contribution in [3.8, 4) is 12.3 Å². The molecule has 0 saturated carbocycles. The summed E-state index contributed by atoms with van der Waals surface area (Å²) in [7, 11) is 0. The average molecular weight is 222 g/mol. The standard InChI is InChI=1S/C12H12ClNO/c1-2-10-5-3-6-11(9-10)14-12(15)7-4-8-13/h1,3,5-6,9H,4,7-8H2,(H,14,15). The van der Waals surface area contributed by atoms with Gasteiger partial charge >= 0.3 is 0 Å². The van der Waals surface area contributed by atoms with Crippen LogP contribution in [0.25, 0.3) is 0 Å². The summed E-state index contributed by atoms with van der Waals surface area (Å²) < 4.78 is 0. The number of nitrogens with one attached hydrogen (secondary N) is 1. The molecular formula is C12H12ClNO. The van der Waals surface area contributed by atoms with Gasteiger partial charge in [-0.3, -0.25) is 4.79 Å². The van der Waals surface area contributed by atoms with E-state index in [0.29, 0.717) is 18.7 Å². The van der Waals surface area contributed by atoms with E-state index in [1.54, 1.807) is 12.1 Å². The highest BCUT2D eigenvalue weighted by Gasteiger charge is 2.01. The van der Waals surface area contributed by atoms with Crippen molar-refractivity contribution in [1.29, 1.82) is 0 Å². The third kappa shape index (κ3) is 4.05. The number of amides is 1. The quantitative estimate of drug-likeness (QED) is 0.615. The maximum absolute atomic E-state index is 11.3.